The molecule has 198 valence electrons. The number of anilines is 2. The van der Waals surface area contributed by atoms with Gasteiger partial charge in [0.1, 0.15) is 0 Å². The van der Waals surface area contributed by atoms with Crippen molar-refractivity contribution < 1.29 is 26.4 Å². The summed E-state index contributed by atoms with van der Waals surface area (Å²) >= 11 is 6.04. The number of hydrogen-bond donors (Lipinski definition) is 0. The van der Waals surface area contributed by atoms with E-state index in [1.807, 2.05) is 4.90 Å². The van der Waals surface area contributed by atoms with E-state index >= 15 is 0 Å². The molecule has 0 N–H and O–H groups in total. The number of aryl methyl sites for hydroxylation is 1. The Morgan fingerprint density at radius 2 is 1.95 bits per heavy atom. The molecule has 1 fully saturated rings. The molecular formula is C24H25ClF3N5O3S. The molecule has 2 aliphatic heterocycles. The minimum Gasteiger partial charge on any atom is -0.339 e. The molecule has 3 aromatic rings. The van der Waals surface area contributed by atoms with E-state index in [1.54, 1.807) is 28.9 Å². The van der Waals surface area contributed by atoms with Crippen LogP contribution in [-0.2, 0) is 21.1 Å². The number of sulfone groups is 1. The molecule has 2 aromatic heterocycles. The maximum Gasteiger partial charge on any atom is 0.413 e. The van der Waals surface area contributed by atoms with Gasteiger partial charge in [0.2, 0.25) is 5.91 Å². The zero-order chi connectivity index (χ0) is 26.5. The van der Waals surface area contributed by atoms with Crippen molar-refractivity contribution in [1.82, 2.24) is 19.5 Å². The molecular weight excluding hydrogens is 531 g/mol. The summed E-state index contributed by atoms with van der Waals surface area (Å²) in [5.74, 6) is -2.25. The number of rotatable bonds is 4. The molecule has 0 spiro atoms. The van der Waals surface area contributed by atoms with E-state index in [0.717, 1.165) is 31.3 Å². The fourth-order valence-electron chi connectivity index (χ4n) is 5.30. The van der Waals surface area contributed by atoms with E-state index in [2.05, 4.69) is 10.1 Å². The van der Waals surface area contributed by atoms with Gasteiger partial charge < -0.3 is 9.80 Å². The Morgan fingerprint density at radius 3 is 2.62 bits per heavy atom. The largest absolute Gasteiger partial charge is 0.413 e. The predicted octanol–water partition coefficient (Wildman–Crippen LogP) is 4.35. The molecule has 0 saturated carbocycles. The lowest BCUT2D eigenvalue weighted by Gasteiger charge is -2.34. The maximum absolute atomic E-state index is 14.2. The summed E-state index contributed by atoms with van der Waals surface area (Å²) < 4.78 is 68.2. The van der Waals surface area contributed by atoms with Gasteiger partial charge in [0.15, 0.2) is 26.7 Å². The highest BCUT2D eigenvalue weighted by atomic mass is 35.5. The van der Waals surface area contributed by atoms with Crippen molar-refractivity contribution in [3.8, 4) is 0 Å². The zero-order valence-corrected chi connectivity index (χ0v) is 21.5. The first kappa shape index (κ1) is 25.8. The zero-order valence-electron chi connectivity index (χ0n) is 19.9. The topological polar surface area (TPSA) is 87.9 Å². The van der Waals surface area contributed by atoms with Crippen LogP contribution in [0.1, 0.15) is 36.6 Å². The Hall–Kier alpha value is -2.86. The van der Waals surface area contributed by atoms with Gasteiger partial charge in [-0.1, -0.05) is 23.7 Å². The first-order chi connectivity index (χ1) is 17.4. The standard InChI is InChI=1S/C24H25ClF3N5O3S/c1-31(23(34)16-4-3-11-37(35,36)14-16)22(24(26,27)28)15-6-8-17(9-7-15)32-10-2-5-18-19(32)13-29-21-12-20(25)30-33(18)21/h6-9,12-13,16,22H,2-5,10-11,14H2,1H3/t16?,22-/m0/s1. The van der Waals surface area contributed by atoms with Gasteiger partial charge in [-0.25, -0.2) is 17.9 Å². The van der Waals surface area contributed by atoms with Crippen molar-refractivity contribution in [2.45, 2.75) is 37.9 Å². The van der Waals surface area contributed by atoms with E-state index in [1.165, 1.54) is 12.1 Å². The number of benzene rings is 1. The third kappa shape index (κ3) is 5.00. The third-order valence-corrected chi connectivity index (χ3v) is 9.00. The number of hydrogen-bond acceptors (Lipinski definition) is 6. The van der Waals surface area contributed by atoms with Crippen LogP contribution in [0.15, 0.2) is 36.5 Å². The van der Waals surface area contributed by atoms with Crippen LogP contribution in [0.4, 0.5) is 24.5 Å². The number of carbonyl (C=O) groups is 1. The van der Waals surface area contributed by atoms with Crippen molar-refractivity contribution in [2.24, 2.45) is 5.92 Å². The molecule has 0 aliphatic carbocycles. The molecule has 5 rings (SSSR count). The van der Waals surface area contributed by atoms with Crippen molar-refractivity contribution in [3.05, 3.63) is 52.9 Å². The Balaban J connectivity index is 1.43. The second kappa shape index (κ2) is 9.46. The average Bonchev–Trinajstić information content (AvgIpc) is 3.23. The molecule has 37 heavy (non-hydrogen) atoms. The summed E-state index contributed by atoms with van der Waals surface area (Å²) in [6.45, 7) is 0.645. The normalized spacial score (nSPS) is 20.5. The van der Waals surface area contributed by atoms with Crippen LogP contribution in [0.5, 0.6) is 0 Å². The third-order valence-electron chi connectivity index (χ3n) is 7.00. The summed E-state index contributed by atoms with van der Waals surface area (Å²) in [6, 6.07) is 5.37. The number of nitrogens with zero attached hydrogens (tertiary/aromatic N) is 5. The smallest absolute Gasteiger partial charge is 0.339 e. The number of halogens is 4. The Labute approximate surface area is 216 Å². The monoisotopic (exact) mass is 555 g/mol. The number of fused-ring (bicyclic) bond motifs is 3. The van der Waals surface area contributed by atoms with Crippen molar-refractivity contribution >= 4 is 44.4 Å². The molecule has 13 heteroatoms. The molecule has 0 bridgehead atoms. The summed E-state index contributed by atoms with van der Waals surface area (Å²) in [4.78, 5) is 19.9. The fraction of sp³-hybridized carbons (Fsp3) is 0.458. The van der Waals surface area contributed by atoms with Gasteiger partial charge in [-0.15, -0.1) is 0 Å². The van der Waals surface area contributed by atoms with Gasteiger partial charge in [-0.3, -0.25) is 4.79 Å². The Kier molecular flexibility index (Phi) is 6.59. The molecule has 2 atom stereocenters. The number of aromatic nitrogens is 3. The van der Waals surface area contributed by atoms with Crippen molar-refractivity contribution in [1.29, 1.82) is 0 Å². The van der Waals surface area contributed by atoms with Gasteiger partial charge in [-0.05, 0) is 43.4 Å². The first-order valence-electron chi connectivity index (χ1n) is 11.9. The second-order valence-corrected chi connectivity index (χ2v) is 12.1. The van der Waals surface area contributed by atoms with E-state index in [4.69, 9.17) is 11.6 Å². The van der Waals surface area contributed by atoms with E-state index in [-0.39, 0.29) is 24.2 Å². The van der Waals surface area contributed by atoms with E-state index in [9.17, 15) is 26.4 Å². The molecule has 4 heterocycles. The van der Waals surface area contributed by atoms with Gasteiger partial charge in [0.05, 0.1) is 35.0 Å². The SMILES string of the molecule is CN(C(=O)C1CCCS(=O)(=O)C1)[C@@H](c1ccc(N2CCCc3c2cnc2cc(Cl)nn32)cc1)C(F)(F)F. The second-order valence-electron chi connectivity index (χ2n) is 9.52. The first-order valence-corrected chi connectivity index (χ1v) is 14.1. The molecule has 8 nitrogen and oxygen atoms in total. The highest BCUT2D eigenvalue weighted by molar-refractivity contribution is 7.91. The average molecular weight is 556 g/mol. The summed E-state index contributed by atoms with van der Waals surface area (Å²) in [5.41, 5.74) is 2.90. The molecule has 1 saturated heterocycles. The molecule has 2 aliphatic rings. The van der Waals surface area contributed by atoms with Crippen LogP contribution in [0.2, 0.25) is 5.15 Å². The summed E-state index contributed by atoms with van der Waals surface area (Å²) in [6.07, 6.45) is -0.964. The van der Waals surface area contributed by atoms with Gasteiger partial charge in [0, 0.05) is 25.3 Å². The summed E-state index contributed by atoms with van der Waals surface area (Å²) in [7, 11) is -2.36. The molecule has 0 radical (unpaired) electrons. The van der Waals surface area contributed by atoms with Crippen LogP contribution in [0.25, 0.3) is 5.65 Å². The predicted molar refractivity (Wildman–Crippen MR) is 133 cm³/mol. The van der Waals surface area contributed by atoms with Crippen LogP contribution in [-0.4, -0.2) is 65.1 Å². The van der Waals surface area contributed by atoms with Crippen LogP contribution in [0.3, 0.4) is 0 Å². The van der Waals surface area contributed by atoms with Crippen molar-refractivity contribution in [2.75, 3.05) is 30.0 Å². The van der Waals surface area contributed by atoms with Crippen LogP contribution in [0, 0.1) is 5.92 Å². The minimum absolute atomic E-state index is 0.0429. The van der Waals surface area contributed by atoms with Gasteiger partial charge in [-0.2, -0.15) is 18.3 Å². The highest BCUT2D eigenvalue weighted by Gasteiger charge is 2.47. The Bertz CT molecular complexity index is 1440. The number of alkyl halides is 3. The van der Waals surface area contributed by atoms with E-state index in [0.29, 0.717) is 27.9 Å². The quantitative estimate of drug-likeness (QED) is 0.475. The summed E-state index contributed by atoms with van der Waals surface area (Å²) in [5, 5.41) is 4.62. The highest BCUT2D eigenvalue weighted by Crippen LogP contribution is 2.40. The van der Waals surface area contributed by atoms with Crippen LogP contribution >= 0.6 is 11.6 Å². The lowest BCUT2D eigenvalue weighted by Crippen LogP contribution is -2.45. The van der Waals surface area contributed by atoms with E-state index < -0.39 is 39.6 Å². The number of amides is 1. The minimum atomic E-state index is -4.74. The maximum atomic E-state index is 14.2. The van der Waals surface area contributed by atoms with Crippen LogP contribution < -0.4 is 4.90 Å². The molecule has 1 unspecified atom stereocenters. The van der Waals surface area contributed by atoms with Gasteiger partial charge >= 0.3 is 6.18 Å². The van der Waals surface area contributed by atoms with Crippen molar-refractivity contribution in [3.63, 3.8) is 0 Å². The lowest BCUT2D eigenvalue weighted by molar-refractivity contribution is -0.190. The fourth-order valence-corrected chi connectivity index (χ4v) is 7.17. The molecule has 1 amide bonds. The van der Waals surface area contributed by atoms with Gasteiger partial charge in [0.25, 0.3) is 0 Å². The lowest BCUT2D eigenvalue weighted by atomic mass is 9.99. The molecule has 1 aromatic carbocycles. The Morgan fingerprint density at radius 1 is 1.22 bits per heavy atom. The number of carbonyl (C=O) groups excluding carboxylic acids is 1.